The summed E-state index contributed by atoms with van der Waals surface area (Å²) >= 11 is 0. The molecule has 1 amide bonds. The van der Waals surface area contributed by atoms with Crippen molar-refractivity contribution >= 4 is 23.2 Å². The summed E-state index contributed by atoms with van der Waals surface area (Å²) in [6.07, 6.45) is 0. The Morgan fingerprint density at radius 1 is 1.32 bits per heavy atom. The zero-order valence-corrected chi connectivity index (χ0v) is 11.1. The van der Waals surface area contributed by atoms with Crippen LogP contribution < -0.4 is 9.64 Å². The van der Waals surface area contributed by atoms with Crippen molar-refractivity contribution in [3.8, 4) is 5.75 Å². The van der Waals surface area contributed by atoms with E-state index in [1.807, 2.05) is 0 Å². The van der Waals surface area contributed by atoms with E-state index in [1.165, 1.54) is 12.0 Å². The van der Waals surface area contributed by atoms with E-state index in [0.717, 1.165) is 0 Å². The molecule has 0 aromatic heterocycles. The number of methoxy groups -OCH3 is 1. The van der Waals surface area contributed by atoms with Gasteiger partial charge < -0.3 is 4.74 Å². The Morgan fingerprint density at radius 2 is 2.00 bits per heavy atom. The summed E-state index contributed by atoms with van der Waals surface area (Å²) in [5, 5.41) is 0. The van der Waals surface area contributed by atoms with Crippen LogP contribution in [-0.2, 0) is 9.59 Å². The highest BCUT2D eigenvalue weighted by Gasteiger charge is 2.37. The van der Waals surface area contributed by atoms with Gasteiger partial charge in [0.05, 0.1) is 24.9 Å². The summed E-state index contributed by atoms with van der Waals surface area (Å²) in [7, 11) is 1.50. The number of ether oxygens (including phenoxy) is 1. The highest BCUT2D eigenvalue weighted by atomic mass is 16.5. The first kappa shape index (κ1) is 13.3. The predicted molar refractivity (Wildman–Crippen MR) is 69.5 cm³/mol. The Labute approximate surface area is 111 Å². The molecule has 1 aliphatic heterocycles. The van der Waals surface area contributed by atoms with E-state index in [4.69, 9.17) is 4.74 Å². The molecular weight excluding hydrogens is 246 g/mol. The second-order valence-corrected chi connectivity index (χ2v) is 4.72. The number of nitrogens with zero attached hydrogens (tertiary/aromatic N) is 1. The van der Waals surface area contributed by atoms with Crippen molar-refractivity contribution in [2.24, 2.45) is 5.92 Å². The molecular formula is C14H15NO4. The van der Waals surface area contributed by atoms with Crippen LogP contribution in [-0.4, -0.2) is 31.1 Å². The van der Waals surface area contributed by atoms with Crippen molar-refractivity contribution in [1.82, 2.24) is 0 Å². The Morgan fingerprint density at radius 3 is 2.58 bits per heavy atom. The minimum absolute atomic E-state index is 0.0809. The molecule has 1 heterocycles. The van der Waals surface area contributed by atoms with Gasteiger partial charge in [-0.25, -0.2) is 0 Å². The minimum atomic E-state index is -0.655. The molecule has 0 spiro atoms. The number of rotatable bonds is 4. The normalized spacial score (nSPS) is 14.0. The lowest BCUT2D eigenvalue weighted by Crippen LogP contribution is -2.36. The van der Waals surface area contributed by atoms with Crippen molar-refractivity contribution in [3.05, 3.63) is 23.8 Å². The molecule has 5 heteroatoms. The van der Waals surface area contributed by atoms with E-state index in [2.05, 4.69) is 0 Å². The SMILES string of the molecule is COc1ccc2c(c1)N(CC(=O)C(C)C)C(=O)C2=O. The number of anilines is 1. The maximum atomic E-state index is 11.9. The van der Waals surface area contributed by atoms with Crippen molar-refractivity contribution in [3.63, 3.8) is 0 Å². The fraction of sp³-hybridized carbons (Fsp3) is 0.357. The molecule has 0 fully saturated rings. The molecule has 5 nitrogen and oxygen atoms in total. The van der Waals surface area contributed by atoms with E-state index < -0.39 is 11.7 Å². The van der Waals surface area contributed by atoms with E-state index in [-0.39, 0.29) is 18.2 Å². The molecule has 19 heavy (non-hydrogen) atoms. The number of Topliss-reactive ketones (excluding diaryl/α,β-unsaturated/α-hetero) is 2. The largest absolute Gasteiger partial charge is 0.497 e. The van der Waals surface area contributed by atoms with Crippen LogP contribution >= 0.6 is 0 Å². The van der Waals surface area contributed by atoms with Crippen LogP contribution in [0.2, 0.25) is 0 Å². The van der Waals surface area contributed by atoms with Crippen LogP contribution in [0, 0.1) is 5.92 Å². The van der Waals surface area contributed by atoms with Crippen LogP contribution in [0.1, 0.15) is 24.2 Å². The number of ketones is 2. The van der Waals surface area contributed by atoms with E-state index in [9.17, 15) is 14.4 Å². The smallest absolute Gasteiger partial charge is 0.299 e. The Hall–Kier alpha value is -2.17. The summed E-state index contributed by atoms with van der Waals surface area (Å²) < 4.78 is 5.08. The van der Waals surface area contributed by atoms with Crippen LogP contribution in [0.3, 0.4) is 0 Å². The maximum absolute atomic E-state index is 11.9. The number of hydrogen-bond donors (Lipinski definition) is 0. The number of hydrogen-bond acceptors (Lipinski definition) is 4. The third kappa shape index (κ3) is 2.23. The molecule has 2 rings (SSSR count). The average molecular weight is 261 g/mol. The first-order valence-electron chi connectivity index (χ1n) is 6.02. The average Bonchev–Trinajstić information content (AvgIpc) is 2.63. The molecule has 1 aromatic rings. The Kier molecular flexibility index (Phi) is 3.38. The predicted octanol–water partition coefficient (Wildman–Crippen LogP) is 1.45. The van der Waals surface area contributed by atoms with Gasteiger partial charge in [-0.05, 0) is 12.1 Å². The fourth-order valence-electron chi connectivity index (χ4n) is 1.90. The second kappa shape index (κ2) is 4.84. The first-order valence-corrected chi connectivity index (χ1v) is 6.02. The van der Waals surface area contributed by atoms with Gasteiger partial charge in [0, 0.05) is 12.0 Å². The van der Waals surface area contributed by atoms with Crippen molar-refractivity contribution < 1.29 is 19.1 Å². The van der Waals surface area contributed by atoms with Crippen molar-refractivity contribution in [1.29, 1.82) is 0 Å². The van der Waals surface area contributed by atoms with Crippen LogP contribution in [0.4, 0.5) is 5.69 Å². The van der Waals surface area contributed by atoms with Crippen molar-refractivity contribution in [2.75, 3.05) is 18.6 Å². The van der Waals surface area contributed by atoms with Crippen LogP contribution in [0.5, 0.6) is 5.75 Å². The molecule has 0 saturated heterocycles. The molecule has 0 radical (unpaired) electrons. The summed E-state index contributed by atoms with van der Waals surface area (Å²) in [6, 6.07) is 4.78. The zero-order valence-electron chi connectivity index (χ0n) is 11.1. The Bertz CT molecular complexity index is 563. The number of amides is 1. The monoisotopic (exact) mass is 261 g/mol. The molecule has 0 atom stereocenters. The topological polar surface area (TPSA) is 63.7 Å². The van der Waals surface area contributed by atoms with E-state index >= 15 is 0 Å². The van der Waals surface area contributed by atoms with E-state index in [1.54, 1.807) is 32.0 Å². The number of carbonyl (C=O) groups excluding carboxylic acids is 3. The van der Waals surface area contributed by atoms with Gasteiger partial charge in [-0.15, -0.1) is 0 Å². The number of fused-ring (bicyclic) bond motifs is 1. The lowest BCUT2D eigenvalue weighted by Gasteiger charge is -2.17. The summed E-state index contributed by atoms with van der Waals surface area (Å²) in [5.41, 5.74) is 0.769. The first-order chi connectivity index (χ1) is 8.95. The third-order valence-electron chi connectivity index (χ3n) is 3.14. The zero-order chi connectivity index (χ0) is 14.2. The lowest BCUT2D eigenvalue weighted by atomic mass is 10.1. The van der Waals surface area contributed by atoms with Gasteiger partial charge in [-0.2, -0.15) is 0 Å². The molecule has 0 bridgehead atoms. The highest BCUT2D eigenvalue weighted by molar-refractivity contribution is 6.52. The third-order valence-corrected chi connectivity index (χ3v) is 3.14. The molecule has 1 aliphatic rings. The van der Waals surface area contributed by atoms with E-state index in [0.29, 0.717) is 17.0 Å². The molecule has 0 N–H and O–H groups in total. The summed E-state index contributed by atoms with van der Waals surface area (Å²) in [6.45, 7) is 3.44. The molecule has 1 aromatic carbocycles. The quantitative estimate of drug-likeness (QED) is 0.769. The Balaban J connectivity index is 2.39. The van der Waals surface area contributed by atoms with Gasteiger partial charge in [0.1, 0.15) is 5.75 Å². The minimum Gasteiger partial charge on any atom is -0.497 e. The maximum Gasteiger partial charge on any atom is 0.299 e. The highest BCUT2D eigenvalue weighted by Crippen LogP contribution is 2.32. The van der Waals surface area contributed by atoms with Crippen LogP contribution in [0.15, 0.2) is 18.2 Å². The molecule has 0 aliphatic carbocycles. The molecule has 100 valence electrons. The second-order valence-electron chi connectivity index (χ2n) is 4.72. The van der Waals surface area contributed by atoms with Gasteiger partial charge in [0.25, 0.3) is 11.7 Å². The lowest BCUT2D eigenvalue weighted by molar-refractivity contribution is -0.122. The number of benzene rings is 1. The number of carbonyl (C=O) groups is 3. The van der Waals surface area contributed by atoms with Gasteiger partial charge in [0.2, 0.25) is 0 Å². The van der Waals surface area contributed by atoms with Crippen LogP contribution in [0.25, 0.3) is 0 Å². The van der Waals surface area contributed by atoms with Gasteiger partial charge in [-0.3, -0.25) is 19.3 Å². The standard InChI is InChI=1S/C14H15NO4/c1-8(2)12(16)7-15-11-6-9(19-3)4-5-10(11)13(17)14(15)18/h4-6,8H,7H2,1-3H3. The van der Waals surface area contributed by atoms with Gasteiger partial charge in [-0.1, -0.05) is 13.8 Å². The van der Waals surface area contributed by atoms with Gasteiger partial charge in [0.15, 0.2) is 5.78 Å². The van der Waals surface area contributed by atoms with Gasteiger partial charge >= 0.3 is 0 Å². The summed E-state index contributed by atoms with van der Waals surface area (Å²) in [5.74, 6) is -0.955. The summed E-state index contributed by atoms with van der Waals surface area (Å²) in [4.78, 5) is 36.7. The molecule has 0 saturated carbocycles. The molecule has 0 unspecified atom stereocenters. The van der Waals surface area contributed by atoms with Crippen molar-refractivity contribution in [2.45, 2.75) is 13.8 Å². The fourth-order valence-corrected chi connectivity index (χ4v) is 1.90.